The molecule has 0 aliphatic rings. The van der Waals surface area contributed by atoms with Crippen LogP contribution in [0.3, 0.4) is 0 Å². The second kappa shape index (κ2) is 7.53. The summed E-state index contributed by atoms with van der Waals surface area (Å²) in [7, 11) is 0. The fourth-order valence-corrected chi connectivity index (χ4v) is 2.22. The third-order valence-electron chi connectivity index (χ3n) is 3.46. The molecule has 24 heavy (non-hydrogen) atoms. The van der Waals surface area contributed by atoms with Gasteiger partial charge in [0.2, 0.25) is 0 Å². The van der Waals surface area contributed by atoms with E-state index in [4.69, 9.17) is 11.6 Å². The Bertz CT molecular complexity index is 854. The number of benzene rings is 2. The van der Waals surface area contributed by atoms with Crippen LogP contribution in [0.4, 0.5) is 11.4 Å². The van der Waals surface area contributed by atoms with Gasteiger partial charge in [-0.2, -0.15) is 5.26 Å². The number of phenols is 1. The Morgan fingerprint density at radius 2 is 2.00 bits per heavy atom. The number of halogens is 1. The van der Waals surface area contributed by atoms with Crippen LogP contribution in [-0.2, 0) is 4.79 Å². The van der Waals surface area contributed by atoms with Gasteiger partial charge in [0.05, 0.1) is 0 Å². The van der Waals surface area contributed by atoms with E-state index in [2.05, 4.69) is 10.6 Å². The van der Waals surface area contributed by atoms with Crippen molar-refractivity contribution in [3.05, 3.63) is 64.3 Å². The van der Waals surface area contributed by atoms with Gasteiger partial charge in [0.15, 0.2) is 0 Å². The molecule has 0 fully saturated rings. The molecule has 0 heterocycles. The molecular weight excluding hydrogens is 326 g/mol. The molecule has 2 aromatic carbocycles. The number of hydrogen-bond acceptors (Lipinski definition) is 4. The van der Waals surface area contributed by atoms with Crippen molar-refractivity contribution in [1.29, 1.82) is 5.26 Å². The van der Waals surface area contributed by atoms with Gasteiger partial charge in [0, 0.05) is 22.6 Å². The molecule has 122 valence electrons. The number of hydrogen-bond donors (Lipinski definition) is 3. The summed E-state index contributed by atoms with van der Waals surface area (Å²) in [6, 6.07) is 11.8. The summed E-state index contributed by atoms with van der Waals surface area (Å²) < 4.78 is 0. The monoisotopic (exact) mass is 341 g/mol. The molecule has 1 amide bonds. The Balaban J connectivity index is 2.17. The minimum Gasteiger partial charge on any atom is -0.508 e. The third-order valence-corrected chi connectivity index (χ3v) is 3.87. The van der Waals surface area contributed by atoms with Crippen molar-refractivity contribution >= 4 is 28.9 Å². The summed E-state index contributed by atoms with van der Waals surface area (Å²) in [5.74, 6) is -0.386. The lowest BCUT2D eigenvalue weighted by molar-refractivity contribution is -0.112. The molecule has 0 radical (unpaired) electrons. The smallest absolute Gasteiger partial charge is 0.267 e. The molecule has 0 spiro atoms. The number of carbonyl (C=O) groups excluding carboxylic acids is 1. The SMILES string of the molecule is Cc1cc(O)ccc1N/C=C(/C#N)C(=O)Nc1cccc(Cl)c1C. The van der Waals surface area contributed by atoms with E-state index in [9.17, 15) is 15.2 Å². The second-order valence-corrected chi connectivity index (χ2v) is 5.59. The number of carbonyl (C=O) groups is 1. The number of amides is 1. The van der Waals surface area contributed by atoms with E-state index in [1.54, 1.807) is 44.2 Å². The number of phenolic OH excluding ortho intramolecular Hbond substituents is 1. The average Bonchev–Trinajstić information content (AvgIpc) is 2.54. The Hall–Kier alpha value is -2.97. The maximum Gasteiger partial charge on any atom is 0.267 e. The topological polar surface area (TPSA) is 85.2 Å². The molecule has 5 nitrogen and oxygen atoms in total. The van der Waals surface area contributed by atoms with Crippen LogP contribution < -0.4 is 10.6 Å². The van der Waals surface area contributed by atoms with Gasteiger partial charge < -0.3 is 15.7 Å². The molecule has 0 aromatic heterocycles. The molecule has 3 N–H and O–H groups in total. The Kier molecular flexibility index (Phi) is 5.46. The molecule has 0 bridgehead atoms. The van der Waals surface area contributed by atoms with Gasteiger partial charge in [-0.15, -0.1) is 0 Å². The maximum absolute atomic E-state index is 12.2. The summed E-state index contributed by atoms with van der Waals surface area (Å²) >= 11 is 6.02. The highest BCUT2D eigenvalue weighted by Gasteiger charge is 2.12. The van der Waals surface area contributed by atoms with E-state index in [1.165, 1.54) is 12.3 Å². The fourth-order valence-electron chi connectivity index (χ4n) is 2.04. The zero-order valence-electron chi connectivity index (χ0n) is 13.2. The molecule has 2 rings (SSSR count). The van der Waals surface area contributed by atoms with Gasteiger partial charge in [-0.1, -0.05) is 17.7 Å². The van der Waals surface area contributed by atoms with Gasteiger partial charge in [-0.05, 0) is 55.3 Å². The van der Waals surface area contributed by atoms with Crippen molar-refractivity contribution in [2.24, 2.45) is 0 Å². The van der Waals surface area contributed by atoms with E-state index in [1.807, 2.05) is 6.07 Å². The molecule has 0 unspecified atom stereocenters. The van der Waals surface area contributed by atoms with Crippen molar-refractivity contribution < 1.29 is 9.90 Å². The van der Waals surface area contributed by atoms with Crippen molar-refractivity contribution in [2.75, 3.05) is 10.6 Å². The van der Waals surface area contributed by atoms with Crippen molar-refractivity contribution in [3.63, 3.8) is 0 Å². The number of nitriles is 1. The number of aryl methyl sites for hydroxylation is 1. The van der Waals surface area contributed by atoms with Gasteiger partial charge in [-0.25, -0.2) is 0 Å². The summed E-state index contributed by atoms with van der Waals surface area (Å²) in [5, 5.41) is 24.7. The van der Waals surface area contributed by atoms with Crippen molar-refractivity contribution in [3.8, 4) is 11.8 Å². The standard InChI is InChI=1S/C18H16ClN3O2/c1-11-8-14(23)6-7-16(11)21-10-13(9-20)18(24)22-17-5-3-4-15(19)12(17)2/h3-8,10,21,23H,1-2H3,(H,22,24)/b13-10-. The summed E-state index contributed by atoms with van der Waals surface area (Å²) in [5.41, 5.74) is 2.67. The highest BCUT2D eigenvalue weighted by Crippen LogP contribution is 2.23. The first-order chi connectivity index (χ1) is 11.4. The van der Waals surface area contributed by atoms with Crippen LogP contribution in [0.15, 0.2) is 48.2 Å². The molecule has 0 atom stereocenters. The first-order valence-corrected chi connectivity index (χ1v) is 7.53. The molecular formula is C18H16ClN3O2. The van der Waals surface area contributed by atoms with Crippen LogP contribution in [0.5, 0.6) is 5.75 Å². The van der Waals surface area contributed by atoms with Gasteiger partial charge in [0.25, 0.3) is 5.91 Å². The van der Waals surface area contributed by atoms with E-state index in [0.29, 0.717) is 16.4 Å². The third kappa shape index (κ3) is 4.06. The van der Waals surface area contributed by atoms with E-state index < -0.39 is 5.91 Å². The fraction of sp³-hybridized carbons (Fsp3) is 0.111. The van der Waals surface area contributed by atoms with Gasteiger partial charge in [0.1, 0.15) is 17.4 Å². The minimum absolute atomic E-state index is 0.0816. The summed E-state index contributed by atoms with van der Waals surface area (Å²) in [6.07, 6.45) is 1.33. The predicted molar refractivity (Wildman–Crippen MR) is 95.0 cm³/mol. The van der Waals surface area contributed by atoms with Crippen LogP contribution in [0.2, 0.25) is 5.02 Å². The molecule has 0 aliphatic heterocycles. The zero-order valence-corrected chi connectivity index (χ0v) is 14.0. The highest BCUT2D eigenvalue weighted by molar-refractivity contribution is 6.31. The quantitative estimate of drug-likeness (QED) is 0.443. The predicted octanol–water partition coefficient (Wildman–Crippen LogP) is 4.12. The summed E-state index contributed by atoms with van der Waals surface area (Å²) in [4.78, 5) is 12.2. The van der Waals surface area contributed by atoms with E-state index in [-0.39, 0.29) is 11.3 Å². The second-order valence-electron chi connectivity index (χ2n) is 5.18. The number of aromatic hydroxyl groups is 1. The minimum atomic E-state index is -0.535. The van der Waals surface area contributed by atoms with E-state index in [0.717, 1.165) is 11.1 Å². The van der Waals surface area contributed by atoms with Crippen LogP contribution in [0.1, 0.15) is 11.1 Å². The molecule has 0 aliphatic carbocycles. The lowest BCUT2D eigenvalue weighted by atomic mass is 10.1. The van der Waals surface area contributed by atoms with Crippen LogP contribution in [0, 0.1) is 25.2 Å². The number of nitrogens with one attached hydrogen (secondary N) is 2. The van der Waals surface area contributed by atoms with Crippen LogP contribution in [-0.4, -0.2) is 11.0 Å². The summed E-state index contributed by atoms with van der Waals surface area (Å²) in [6.45, 7) is 3.59. The number of anilines is 2. The lowest BCUT2D eigenvalue weighted by Crippen LogP contribution is -2.15. The lowest BCUT2D eigenvalue weighted by Gasteiger charge is -2.10. The normalized spacial score (nSPS) is 10.8. The molecule has 6 heteroatoms. The Morgan fingerprint density at radius 1 is 1.25 bits per heavy atom. The highest BCUT2D eigenvalue weighted by atomic mass is 35.5. The van der Waals surface area contributed by atoms with Crippen LogP contribution in [0.25, 0.3) is 0 Å². The van der Waals surface area contributed by atoms with Gasteiger partial charge in [-0.3, -0.25) is 4.79 Å². The van der Waals surface area contributed by atoms with Gasteiger partial charge >= 0.3 is 0 Å². The largest absolute Gasteiger partial charge is 0.508 e. The first kappa shape index (κ1) is 17.4. The van der Waals surface area contributed by atoms with E-state index >= 15 is 0 Å². The molecule has 2 aromatic rings. The first-order valence-electron chi connectivity index (χ1n) is 7.15. The average molecular weight is 342 g/mol. The van der Waals surface area contributed by atoms with Crippen LogP contribution >= 0.6 is 11.6 Å². The Morgan fingerprint density at radius 3 is 2.67 bits per heavy atom. The van der Waals surface area contributed by atoms with Crippen molar-refractivity contribution in [2.45, 2.75) is 13.8 Å². The zero-order chi connectivity index (χ0) is 17.7. The maximum atomic E-state index is 12.2. The Labute approximate surface area is 145 Å². The molecule has 0 saturated heterocycles. The number of nitrogens with zero attached hydrogens (tertiary/aromatic N) is 1. The van der Waals surface area contributed by atoms with Crippen molar-refractivity contribution in [1.82, 2.24) is 0 Å². The molecule has 0 saturated carbocycles. The number of rotatable bonds is 4.